The lowest BCUT2D eigenvalue weighted by Gasteiger charge is -2.30. The standard InChI is InChI=1S/C21H23FN8O3/c1-12(2)18-27-21(33-28-18)29-6-4-13(5-7-29)32-20-17-19(24-10-25-20)30(11-26-17)15-9-23-16(31-3)8-14(15)22/h8-13H,4-7H2,1-3H3. The van der Waals surface area contributed by atoms with Crippen LogP contribution in [-0.2, 0) is 0 Å². The predicted molar refractivity (Wildman–Crippen MR) is 115 cm³/mol. The van der Waals surface area contributed by atoms with E-state index in [1.807, 2.05) is 13.8 Å². The largest absolute Gasteiger partial charge is 0.481 e. The van der Waals surface area contributed by atoms with Gasteiger partial charge >= 0.3 is 6.01 Å². The molecule has 0 N–H and O–H groups in total. The number of fused-ring (bicyclic) bond motifs is 1. The molecule has 1 aliphatic rings. The molecule has 12 heteroatoms. The Morgan fingerprint density at radius 2 is 1.97 bits per heavy atom. The Balaban J connectivity index is 1.31. The van der Waals surface area contributed by atoms with Gasteiger partial charge in [-0.25, -0.2) is 19.3 Å². The molecule has 11 nitrogen and oxygen atoms in total. The van der Waals surface area contributed by atoms with Crippen LogP contribution in [0.1, 0.15) is 38.4 Å². The fraction of sp³-hybridized carbons (Fsp3) is 0.429. The van der Waals surface area contributed by atoms with Crippen LogP contribution in [-0.4, -0.2) is 60.9 Å². The van der Waals surface area contributed by atoms with E-state index >= 15 is 0 Å². The van der Waals surface area contributed by atoms with Crippen molar-refractivity contribution >= 4 is 17.2 Å². The first-order valence-corrected chi connectivity index (χ1v) is 10.7. The number of piperidine rings is 1. The van der Waals surface area contributed by atoms with Gasteiger partial charge in [0.25, 0.3) is 0 Å². The van der Waals surface area contributed by atoms with Crippen molar-refractivity contribution in [3.63, 3.8) is 0 Å². The van der Waals surface area contributed by atoms with Gasteiger partial charge in [-0.2, -0.15) is 9.97 Å². The first-order valence-electron chi connectivity index (χ1n) is 10.7. The first-order chi connectivity index (χ1) is 16.0. The number of anilines is 1. The number of imidazole rings is 1. The van der Waals surface area contributed by atoms with Gasteiger partial charge in [0.2, 0.25) is 11.8 Å². The zero-order chi connectivity index (χ0) is 22.9. The van der Waals surface area contributed by atoms with Crippen molar-refractivity contribution in [2.75, 3.05) is 25.1 Å². The minimum atomic E-state index is -0.503. The lowest BCUT2D eigenvalue weighted by Crippen LogP contribution is -2.38. The van der Waals surface area contributed by atoms with Crippen molar-refractivity contribution in [1.29, 1.82) is 0 Å². The average molecular weight is 454 g/mol. The molecule has 172 valence electrons. The van der Waals surface area contributed by atoms with E-state index in [0.29, 0.717) is 28.9 Å². The SMILES string of the molecule is COc1cc(F)c(-n2cnc3c(OC4CCN(c5nc(C(C)C)no5)CC4)ncnc32)cn1. The fourth-order valence-electron chi connectivity index (χ4n) is 3.68. The quantitative estimate of drug-likeness (QED) is 0.430. The Bertz CT molecular complexity index is 1270. The number of hydrogen-bond donors (Lipinski definition) is 0. The Morgan fingerprint density at radius 1 is 1.15 bits per heavy atom. The fourth-order valence-corrected chi connectivity index (χ4v) is 3.68. The number of aromatic nitrogens is 7. The Labute approximate surface area is 188 Å². The molecule has 33 heavy (non-hydrogen) atoms. The van der Waals surface area contributed by atoms with Gasteiger partial charge in [0.15, 0.2) is 22.8 Å². The second-order valence-electron chi connectivity index (χ2n) is 8.04. The second-order valence-corrected chi connectivity index (χ2v) is 8.04. The van der Waals surface area contributed by atoms with Crippen LogP contribution in [0.4, 0.5) is 10.4 Å². The van der Waals surface area contributed by atoms with Gasteiger partial charge in [0.1, 0.15) is 24.4 Å². The summed E-state index contributed by atoms with van der Waals surface area (Å²) >= 11 is 0. The third-order valence-electron chi connectivity index (χ3n) is 5.52. The maximum atomic E-state index is 14.6. The third kappa shape index (κ3) is 4.03. The van der Waals surface area contributed by atoms with E-state index in [4.69, 9.17) is 14.0 Å². The topological polar surface area (TPSA) is 117 Å². The molecule has 1 saturated heterocycles. The average Bonchev–Trinajstić information content (AvgIpc) is 3.48. The molecule has 0 atom stereocenters. The highest BCUT2D eigenvalue weighted by atomic mass is 19.1. The number of methoxy groups -OCH3 is 1. The maximum absolute atomic E-state index is 14.6. The van der Waals surface area contributed by atoms with Gasteiger partial charge in [-0.1, -0.05) is 19.0 Å². The monoisotopic (exact) mass is 454 g/mol. The molecule has 4 aromatic heterocycles. The van der Waals surface area contributed by atoms with Crippen molar-refractivity contribution in [3.05, 3.63) is 36.6 Å². The molecule has 5 heterocycles. The number of ether oxygens (including phenoxy) is 2. The van der Waals surface area contributed by atoms with E-state index in [2.05, 4.69) is 35.0 Å². The molecule has 0 aromatic carbocycles. The van der Waals surface area contributed by atoms with Gasteiger partial charge in [0.05, 0.1) is 13.3 Å². The van der Waals surface area contributed by atoms with Crippen LogP contribution in [0.3, 0.4) is 0 Å². The predicted octanol–water partition coefficient (Wildman–Crippen LogP) is 2.91. The third-order valence-corrected chi connectivity index (χ3v) is 5.52. The van der Waals surface area contributed by atoms with Gasteiger partial charge in [0, 0.05) is 37.9 Å². The van der Waals surface area contributed by atoms with E-state index in [1.165, 1.54) is 36.6 Å². The number of hydrogen-bond acceptors (Lipinski definition) is 10. The van der Waals surface area contributed by atoms with Crippen molar-refractivity contribution in [2.45, 2.75) is 38.7 Å². The zero-order valence-corrected chi connectivity index (χ0v) is 18.5. The molecule has 0 saturated carbocycles. The maximum Gasteiger partial charge on any atom is 0.324 e. The summed E-state index contributed by atoms with van der Waals surface area (Å²) in [4.78, 5) is 23.5. The summed E-state index contributed by atoms with van der Waals surface area (Å²) in [5.41, 5.74) is 1.08. The highest BCUT2D eigenvalue weighted by Crippen LogP contribution is 2.28. The van der Waals surface area contributed by atoms with Gasteiger partial charge < -0.3 is 18.9 Å². The van der Waals surface area contributed by atoms with Crippen LogP contribution in [0.15, 0.2) is 29.4 Å². The van der Waals surface area contributed by atoms with Gasteiger partial charge in [-0.05, 0) is 0 Å². The van der Waals surface area contributed by atoms with Crippen LogP contribution in [0.2, 0.25) is 0 Å². The first kappa shape index (κ1) is 21.0. The van der Waals surface area contributed by atoms with Crippen molar-refractivity contribution < 1.29 is 18.4 Å². The summed E-state index contributed by atoms with van der Waals surface area (Å²) in [5, 5.41) is 4.03. The normalized spacial score (nSPS) is 14.9. The molecule has 5 rings (SSSR count). The Kier molecular flexibility index (Phi) is 5.48. The summed E-state index contributed by atoms with van der Waals surface area (Å²) in [5.74, 6) is 0.957. The van der Waals surface area contributed by atoms with Crippen molar-refractivity contribution in [3.8, 4) is 17.4 Å². The Morgan fingerprint density at radius 3 is 2.67 bits per heavy atom. The van der Waals surface area contributed by atoms with Crippen molar-refractivity contribution in [2.24, 2.45) is 0 Å². The second kappa shape index (κ2) is 8.60. The van der Waals surface area contributed by atoms with Crippen LogP contribution in [0.25, 0.3) is 16.9 Å². The zero-order valence-electron chi connectivity index (χ0n) is 18.5. The van der Waals surface area contributed by atoms with Crippen LogP contribution in [0.5, 0.6) is 11.8 Å². The summed E-state index contributed by atoms with van der Waals surface area (Å²) in [7, 11) is 1.43. The molecule has 4 aromatic rings. The lowest BCUT2D eigenvalue weighted by molar-refractivity contribution is 0.163. The van der Waals surface area contributed by atoms with E-state index in [-0.39, 0.29) is 23.6 Å². The molecule has 0 bridgehead atoms. The highest BCUT2D eigenvalue weighted by Gasteiger charge is 2.26. The molecular weight excluding hydrogens is 431 g/mol. The number of rotatable bonds is 6. The summed E-state index contributed by atoms with van der Waals surface area (Å²) < 4.78 is 32.6. The van der Waals surface area contributed by atoms with Crippen LogP contribution >= 0.6 is 0 Å². The van der Waals surface area contributed by atoms with Crippen LogP contribution in [0, 0.1) is 5.82 Å². The molecule has 1 aliphatic heterocycles. The smallest absolute Gasteiger partial charge is 0.324 e. The molecule has 0 unspecified atom stereocenters. The van der Waals surface area contributed by atoms with Gasteiger partial charge in [-0.3, -0.25) is 4.57 Å². The number of pyridine rings is 1. The van der Waals surface area contributed by atoms with E-state index in [1.54, 1.807) is 0 Å². The minimum absolute atomic E-state index is 0.0589. The van der Waals surface area contributed by atoms with E-state index < -0.39 is 5.82 Å². The Hall–Kier alpha value is -3.83. The number of nitrogens with zero attached hydrogens (tertiary/aromatic N) is 8. The molecule has 0 radical (unpaired) electrons. The molecule has 1 fully saturated rings. The highest BCUT2D eigenvalue weighted by molar-refractivity contribution is 5.77. The summed E-state index contributed by atoms with van der Waals surface area (Å²) in [6, 6.07) is 1.75. The van der Waals surface area contributed by atoms with E-state index in [9.17, 15) is 4.39 Å². The molecular formula is C21H23FN8O3. The molecule has 0 aliphatic carbocycles. The minimum Gasteiger partial charge on any atom is -0.481 e. The molecule has 0 amide bonds. The molecule has 0 spiro atoms. The number of halogens is 1. The van der Waals surface area contributed by atoms with Gasteiger partial charge in [-0.15, -0.1) is 0 Å². The van der Waals surface area contributed by atoms with Crippen molar-refractivity contribution in [1.82, 2.24) is 34.6 Å². The van der Waals surface area contributed by atoms with Crippen LogP contribution < -0.4 is 14.4 Å². The lowest BCUT2D eigenvalue weighted by atomic mass is 10.1. The van der Waals surface area contributed by atoms with E-state index in [0.717, 1.165) is 25.9 Å². The summed E-state index contributed by atoms with van der Waals surface area (Å²) in [6.45, 7) is 5.49. The summed E-state index contributed by atoms with van der Waals surface area (Å²) in [6.07, 6.45) is 5.67.